The summed E-state index contributed by atoms with van der Waals surface area (Å²) < 4.78 is 0. The van der Waals surface area contributed by atoms with Gasteiger partial charge < -0.3 is 5.73 Å². The molecule has 2 heteroatoms. The Morgan fingerprint density at radius 2 is 1.85 bits per heavy atom. The van der Waals surface area contributed by atoms with Crippen molar-refractivity contribution in [2.45, 2.75) is 71.5 Å². The van der Waals surface area contributed by atoms with Gasteiger partial charge in [-0.05, 0) is 65.1 Å². The number of nitrogens with zero attached hydrogens (tertiary/aromatic N) is 1. The topological polar surface area (TPSA) is 29.3 Å². The molecule has 0 radical (unpaired) electrons. The molecule has 1 aliphatic rings. The van der Waals surface area contributed by atoms with Crippen molar-refractivity contribution in [3.05, 3.63) is 34.9 Å². The van der Waals surface area contributed by atoms with E-state index in [1.165, 1.54) is 29.5 Å². The number of rotatable bonds is 1. The zero-order valence-corrected chi connectivity index (χ0v) is 13.7. The number of likely N-dealkylation sites (tertiary alicyclic amines) is 1. The van der Waals surface area contributed by atoms with Crippen LogP contribution in [0.15, 0.2) is 18.2 Å². The second kappa shape index (κ2) is 5.87. The number of benzene rings is 1. The van der Waals surface area contributed by atoms with Crippen molar-refractivity contribution in [3.63, 3.8) is 0 Å². The van der Waals surface area contributed by atoms with E-state index in [1.54, 1.807) is 0 Å². The summed E-state index contributed by atoms with van der Waals surface area (Å²) in [5.74, 6) is 0. The van der Waals surface area contributed by atoms with E-state index in [0.29, 0.717) is 6.04 Å². The van der Waals surface area contributed by atoms with Crippen LogP contribution in [0.25, 0.3) is 0 Å². The van der Waals surface area contributed by atoms with Gasteiger partial charge in [0.15, 0.2) is 0 Å². The van der Waals surface area contributed by atoms with Crippen molar-refractivity contribution in [2.75, 3.05) is 6.54 Å². The third-order valence-corrected chi connectivity index (χ3v) is 4.53. The Morgan fingerprint density at radius 1 is 1.15 bits per heavy atom. The lowest BCUT2D eigenvalue weighted by molar-refractivity contribution is 0.0752. The monoisotopic (exact) mass is 274 g/mol. The van der Waals surface area contributed by atoms with E-state index in [2.05, 4.69) is 57.7 Å². The van der Waals surface area contributed by atoms with Gasteiger partial charge in [0.25, 0.3) is 0 Å². The molecule has 112 valence electrons. The molecule has 1 heterocycles. The Balaban J connectivity index is 2.45. The van der Waals surface area contributed by atoms with Crippen LogP contribution in [-0.2, 0) is 0 Å². The molecule has 0 saturated carbocycles. The molecule has 2 atom stereocenters. The first-order valence-corrected chi connectivity index (χ1v) is 7.90. The van der Waals surface area contributed by atoms with Crippen molar-refractivity contribution in [3.8, 4) is 0 Å². The highest BCUT2D eigenvalue weighted by Crippen LogP contribution is 2.36. The molecule has 2 nitrogen and oxygen atoms in total. The largest absolute Gasteiger partial charge is 0.326 e. The Labute approximate surface area is 124 Å². The van der Waals surface area contributed by atoms with E-state index >= 15 is 0 Å². The van der Waals surface area contributed by atoms with Crippen LogP contribution in [0.5, 0.6) is 0 Å². The van der Waals surface area contributed by atoms with Crippen LogP contribution in [0.4, 0.5) is 0 Å². The molecule has 1 aromatic carbocycles. The van der Waals surface area contributed by atoms with Crippen molar-refractivity contribution in [1.29, 1.82) is 0 Å². The molecule has 0 aromatic heterocycles. The van der Waals surface area contributed by atoms with Crippen LogP contribution in [0.3, 0.4) is 0 Å². The molecule has 2 unspecified atom stereocenters. The minimum atomic E-state index is 0.157. The second-order valence-electron chi connectivity index (χ2n) is 7.33. The Bertz CT molecular complexity index is 459. The molecule has 2 N–H and O–H groups in total. The molecule has 1 saturated heterocycles. The highest BCUT2D eigenvalue weighted by Gasteiger charge is 2.35. The number of hydrogen-bond donors (Lipinski definition) is 1. The Hall–Kier alpha value is -0.860. The average Bonchev–Trinajstić information content (AvgIpc) is 2.51. The molecular formula is C18H30N2. The summed E-state index contributed by atoms with van der Waals surface area (Å²) in [4.78, 5) is 2.61. The first kappa shape index (κ1) is 15.5. The first-order chi connectivity index (χ1) is 9.30. The molecule has 1 fully saturated rings. The summed E-state index contributed by atoms with van der Waals surface area (Å²) in [6.45, 7) is 12.5. The van der Waals surface area contributed by atoms with Crippen LogP contribution in [0.1, 0.15) is 62.8 Å². The lowest BCUT2D eigenvalue weighted by Crippen LogP contribution is -2.49. The minimum Gasteiger partial charge on any atom is -0.326 e. The van der Waals surface area contributed by atoms with E-state index in [0.717, 1.165) is 13.0 Å². The predicted molar refractivity (Wildman–Crippen MR) is 86.9 cm³/mol. The number of nitrogens with two attached hydrogens (primary N) is 1. The molecule has 0 bridgehead atoms. The van der Waals surface area contributed by atoms with Crippen LogP contribution in [0, 0.1) is 13.8 Å². The van der Waals surface area contributed by atoms with Gasteiger partial charge in [-0.25, -0.2) is 0 Å². The van der Waals surface area contributed by atoms with Gasteiger partial charge in [-0.2, -0.15) is 0 Å². The maximum Gasteiger partial charge on any atom is 0.0506 e. The van der Waals surface area contributed by atoms with E-state index < -0.39 is 0 Å². The minimum absolute atomic E-state index is 0.157. The average molecular weight is 274 g/mol. The van der Waals surface area contributed by atoms with Gasteiger partial charge >= 0.3 is 0 Å². The predicted octanol–water partition coefficient (Wildman–Crippen LogP) is 3.96. The van der Waals surface area contributed by atoms with Crippen LogP contribution < -0.4 is 5.73 Å². The Kier molecular flexibility index (Phi) is 4.55. The van der Waals surface area contributed by atoms with E-state index in [-0.39, 0.29) is 11.6 Å². The molecule has 2 rings (SSSR count). The molecule has 0 spiro atoms. The number of aryl methyl sites for hydroxylation is 2. The normalized spacial score (nSPS) is 25.5. The van der Waals surface area contributed by atoms with Crippen molar-refractivity contribution < 1.29 is 0 Å². The zero-order chi connectivity index (χ0) is 14.9. The first-order valence-electron chi connectivity index (χ1n) is 7.90. The lowest BCUT2D eigenvalue weighted by Gasteiger charge is -2.43. The summed E-state index contributed by atoms with van der Waals surface area (Å²) in [6.07, 6.45) is 3.63. The summed E-state index contributed by atoms with van der Waals surface area (Å²) in [7, 11) is 0. The van der Waals surface area contributed by atoms with Crippen LogP contribution in [0.2, 0.25) is 0 Å². The van der Waals surface area contributed by atoms with Gasteiger partial charge in [-0.3, -0.25) is 4.90 Å². The second-order valence-corrected chi connectivity index (χ2v) is 7.33. The lowest BCUT2D eigenvalue weighted by atomic mass is 9.89. The molecular weight excluding hydrogens is 244 g/mol. The fourth-order valence-electron chi connectivity index (χ4n) is 3.50. The smallest absolute Gasteiger partial charge is 0.0506 e. The third-order valence-electron chi connectivity index (χ3n) is 4.53. The highest BCUT2D eigenvalue weighted by atomic mass is 15.2. The maximum atomic E-state index is 6.56. The van der Waals surface area contributed by atoms with Crippen molar-refractivity contribution in [1.82, 2.24) is 4.90 Å². The van der Waals surface area contributed by atoms with Gasteiger partial charge in [0.1, 0.15) is 0 Å². The molecule has 0 aliphatic carbocycles. The summed E-state index contributed by atoms with van der Waals surface area (Å²) in [5, 5.41) is 0. The van der Waals surface area contributed by atoms with E-state index in [1.807, 2.05) is 0 Å². The van der Waals surface area contributed by atoms with E-state index in [9.17, 15) is 0 Å². The van der Waals surface area contributed by atoms with E-state index in [4.69, 9.17) is 5.73 Å². The molecule has 1 aromatic rings. The fourth-order valence-corrected chi connectivity index (χ4v) is 3.50. The molecule has 1 aliphatic heterocycles. The zero-order valence-electron chi connectivity index (χ0n) is 13.7. The third kappa shape index (κ3) is 3.24. The SMILES string of the molecule is Cc1ccc(C2C(N)CCCCN2C(C)(C)C)c(C)c1. The van der Waals surface area contributed by atoms with Crippen LogP contribution >= 0.6 is 0 Å². The van der Waals surface area contributed by atoms with Gasteiger partial charge in [0.05, 0.1) is 6.04 Å². The van der Waals surface area contributed by atoms with Crippen molar-refractivity contribution in [2.24, 2.45) is 5.73 Å². The maximum absolute atomic E-state index is 6.56. The van der Waals surface area contributed by atoms with Crippen molar-refractivity contribution >= 4 is 0 Å². The van der Waals surface area contributed by atoms with Gasteiger partial charge in [-0.15, -0.1) is 0 Å². The summed E-state index contributed by atoms with van der Waals surface area (Å²) in [6, 6.07) is 7.38. The summed E-state index contributed by atoms with van der Waals surface area (Å²) in [5.41, 5.74) is 10.8. The quantitative estimate of drug-likeness (QED) is 0.840. The molecule has 20 heavy (non-hydrogen) atoms. The summed E-state index contributed by atoms with van der Waals surface area (Å²) >= 11 is 0. The molecule has 0 amide bonds. The highest BCUT2D eigenvalue weighted by molar-refractivity contribution is 5.34. The standard InChI is InChI=1S/C18H30N2/c1-13-9-10-15(14(2)12-13)17-16(19)8-6-7-11-20(17)18(3,4)5/h9-10,12,16-17H,6-8,11,19H2,1-5H3. The Morgan fingerprint density at radius 3 is 2.45 bits per heavy atom. The van der Waals surface area contributed by atoms with Gasteiger partial charge in [0.2, 0.25) is 0 Å². The number of hydrogen-bond acceptors (Lipinski definition) is 2. The fraction of sp³-hybridized carbons (Fsp3) is 0.667. The van der Waals surface area contributed by atoms with Gasteiger partial charge in [-0.1, -0.05) is 30.2 Å². The van der Waals surface area contributed by atoms with Crippen LogP contribution in [-0.4, -0.2) is 23.0 Å². The van der Waals surface area contributed by atoms with Gasteiger partial charge in [0, 0.05) is 11.6 Å².